The summed E-state index contributed by atoms with van der Waals surface area (Å²) in [6.07, 6.45) is 1.45. The molecule has 0 saturated carbocycles. The molecule has 4 nitrogen and oxygen atoms in total. The van der Waals surface area contributed by atoms with Crippen LogP contribution in [0.2, 0.25) is 8.67 Å². The maximum Gasteiger partial charge on any atom is 0.232 e. The van der Waals surface area contributed by atoms with E-state index in [2.05, 4.69) is 10.2 Å². The van der Waals surface area contributed by atoms with Crippen LogP contribution in [0.4, 0.5) is 0 Å². The molecule has 0 aromatic carbocycles. The zero-order valence-electron chi connectivity index (χ0n) is 7.57. The lowest BCUT2D eigenvalue weighted by Crippen LogP contribution is -2.08. The highest BCUT2D eigenvalue weighted by atomic mass is 35.5. The van der Waals surface area contributed by atoms with Crippen molar-refractivity contribution in [1.82, 2.24) is 14.8 Å². The van der Waals surface area contributed by atoms with Crippen LogP contribution in [0.25, 0.3) is 0 Å². The summed E-state index contributed by atoms with van der Waals surface area (Å²) in [5.41, 5.74) is 0.364. The number of carbonyl (C=O) groups is 1. The van der Waals surface area contributed by atoms with Gasteiger partial charge in [-0.2, -0.15) is 0 Å². The molecule has 0 aliphatic rings. The van der Waals surface area contributed by atoms with Gasteiger partial charge in [0.2, 0.25) is 11.6 Å². The summed E-state index contributed by atoms with van der Waals surface area (Å²) in [5.74, 6) is -0.0329. The number of rotatable bonds is 2. The molecule has 2 heterocycles. The standard InChI is InChI=1S/C8H5Cl2N3OS/c1-13-3-11-12-8(13)6(14)4-2-5(9)15-7(4)10/h2-3H,1H3. The zero-order chi connectivity index (χ0) is 11.0. The smallest absolute Gasteiger partial charge is 0.232 e. The van der Waals surface area contributed by atoms with E-state index in [4.69, 9.17) is 23.2 Å². The molecule has 2 rings (SSSR count). The number of ketones is 1. The van der Waals surface area contributed by atoms with E-state index in [1.807, 2.05) is 0 Å². The average molecular weight is 262 g/mol. The Bertz CT molecular complexity index is 520. The fraction of sp³-hybridized carbons (Fsp3) is 0.125. The number of carbonyl (C=O) groups excluding carboxylic acids is 1. The van der Waals surface area contributed by atoms with Crippen LogP contribution in [-0.4, -0.2) is 20.5 Å². The van der Waals surface area contributed by atoms with Crippen molar-refractivity contribution < 1.29 is 4.79 Å². The van der Waals surface area contributed by atoms with Crippen molar-refractivity contribution in [3.63, 3.8) is 0 Å². The average Bonchev–Trinajstić information content (AvgIpc) is 2.71. The molecule has 0 N–H and O–H groups in total. The summed E-state index contributed by atoms with van der Waals surface area (Å²) in [6.45, 7) is 0. The van der Waals surface area contributed by atoms with Crippen molar-refractivity contribution in [3.05, 3.63) is 32.5 Å². The maximum atomic E-state index is 11.9. The van der Waals surface area contributed by atoms with Crippen molar-refractivity contribution in [3.8, 4) is 0 Å². The lowest BCUT2D eigenvalue weighted by atomic mass is 10.2. The monoisotopic (exact) mass is 261 g/mol. The predicted molar refractivity (Wildman–Crippen MR) is 58.8 cm³/mol. The lowest BCUT2D eigenvalue weighted by molar-refractivity contribution is 0.102. The number of aromatic nitrogens is 3. The molecule has 7 heteroatoms. The molecule has 0 bridgehead atoms. The minimum atomic E-state index is -0.275. The van der Waals surface area contributed by atoms with E-state index in [1.54, 1.807) is 7.05 Å². The Balaban J connectivity index is 2.45. The van der Waals surface area contributed by atoms with E-state index in [1.165, 1.54) is 17.0 Å². The van der Waals surface area contributed by atoms with Gasteiger partial charge in [0.05, 0.1) is 9.90 Å². The molecule has 0 fully saturated rings. The lowest BCUT2D eigenvalue weighted by Gasteiger charge is -1.97. The molecule has 2 aromatic heterocycles. The van der Waals surface area contributed by atoms with Gasteiger partial charge in [-0.15, -0.1) is 21.5 Å². The first-order chi connectivity index (χ1) is 7.09. The summed E-state index contributed by atoms with van der Waals surface area (Å²) in [7, 11) is 1.69. The molecular formula is C8H5Cl2N3OS. The topological polar surface area (TPSA) is 47.8 Å². The van der Waals surface area contributed by atoms with Gasteiger partial charge < -0.3 is 4.57 Å². The van der Waals surface area contributed by atoms with Crippen LogP contribution in [0.1, 0.15) is 16.2 Å². The third-order valence-corrected chi connectivity index (χ3v) is 3.30. The van der Waals surface area contributed by atoms with Gasteiger partial charge in [0.25, 0.3) is 0 Å². The molecule has 0 radical (unpaired) electrons. The second-order valence-electron chi connectivity index (χ2n) is 2.83. The predicted octanol–water partition coefficient (Wildman–Crippen LogP) is 2.41. The van der Waals surface area contributed by atoms with Gasteiger partial charge in [-0.05, 0) is 6.07 Å². The molecule has 0 atom stereocenters. The second kappa shape index (κ2) is 3.92. The fourth-order valence-corrected chi connectivity index (χ4v) is 2.56. The van der Waals surface area contributed by atoms with Crippen LogP contribution in [0, 0.1) is 0 Å². The van der Waals surface area contributed by atoms with Crippen molar-refractivity contribution in [2.75, 3.05) is 0 Å². The van der Waals surface area contributed by atoms with E-state index in [-0.39, 0.29) is 11.6 Å². The molecule has 0 amide bonds. The molecule has 78 valence electrons. The maximum absolute atomic E-state index is 11.9. The molecule has 15 heavy (non-hydrogen) atoms. The first-order valence-electron chi connectivity index (χ1n) is 3.93. The van der Waals surface area contributed by atoms with Gasteiger partial charge in [0.1, 0.15) is 10.7 Å². The minimum absolute atomic E-state index is 0.242. The van der Waals surface area contributed by atoms with Crippen LogP contribution in [-0.2, 0) is 7.05 Å². The molecule has 0 aliphatic heterocycles. The van der Waals surface area contributed by atoms with Crippen LogP contribution < -0.4 is 0 Å². The number of halogens is 2. The van der Waals surface area contributed by atoms with Crippen LogP contribution in [0.15, 0.2) is 12.4 Å². The van der Waals surface area contributed by atoms with E-state index in [9.17, 15) is 4.79 Å². The van der Waals surface area contributed by atoms with Gasteiger partial charge in [-0.1, -0.05) is 23.2 Å². The summed E-state index contributed by atoms with van der Waals surface area (Å²) in [5, 5.41) is 7.33. The zero-order valence-corrected chi connectivity index (χ0v) is 9.90. The normalized spacial score (nSPS) is 10.6. The van der Waals surface area contributed by atoms with Gasteiger partial charge >= 0.3 is 0 Å². The highest BCUT2D eigenvalue weighted by Crippen LogP contribution is 2.32. The quantitative estimate of drug-likeness (QED) is 0.781. The summed E-state index contributed by atoms with van der Waals surface area (Å²) < 4.78 is 2.38. The molecule has 0 aliphatic carbocycles. The van der Waals surface area contributed by atoms with E-state index >= 15 is 0 Å². The molecule has 0 spiro atoms. The molecule has 0 saturated heterocycles. The SMILES string of the molecule is Cn1cnnc1C(=O)c1cc(Cl)sc1Cl. The Kier molecular flexibility index (Phi) is 2.77. The highest BCUT2D eigenvalue weighted by molar-refractivity contribution is 7.20. The number of nitrogens with zero attached hydrogens (tertiary/aromatic N) is 3. The van der Waals surface area contributed by atoms with Crippen molar-refractivity contribution >= 4 is 40.3 Å². The Morgan fingerprint density at radius 1 is 1.53 bits per heavy atom. The summed E-state index contributed by atoms with van der Waals surface area (Å²) in [6, 6.07) is 1.53. The number of hydrogen-bond acceptors (Lipinski definition) is 4. The first kappa shape index (κ1) is 10.6. The summed E-state index contributed by atoms with van der Waals surface area (Å²) >= 11 is 12.8. The number of hydrogen-bond donors (Lipinski definition) is 0. The van der Waals surface area contributed by atoms with Crippen LogP contribution in [0.5, 0.6) is 0 Å². The van der Waals surface area contributed by atoms with Gasteiger partial charge in [0.15, 0.2) is 0 Å². The van der Waals surface area contributed by atoms with E-state index in [0.29, 0.717) is 14.2 Å². The third kappa shape index (κ3) is 1.90. The third-order valence-electron chi connectivity index (χ3n) is 1.82. The Morgan fingerprint density at radius 2 is 2.27 bits per heavy atom. The molecule has 0 unspecified atom stereocenters. The second-order valence-corrected chi connectivity index (χ2v) is 5.12. The van der Waals surface area contributed by atoms with Crippen LogP contribution in [0.3, 0.4) is 0 Å². The Morgan fingerprint density at radius 3 is 2.73 bits per heavy atom. The Labute approximate surface area is 99.5 Å². The number of aryl methyl sites for hydroxylation is 1. The van der Waals surface area contributed by atoms with Crippen molar-refractivity contribution in [2.24, 2.45) is 7.05 Å². The highest BCUT2D eigenvalue weighted by Gasteiger charge is 2.19. The van der Waals surface area contributed by atoms with E-state index < -0.39 is 0 Å². The summed E-state index contributed by atoms with van der Waals surface area (Å²) in [4.78, 5) is 11.9. The Hall–Kier alpha value is -0.910. The minimum Gasteiger partial charge on any atom is -0.314 e. The number of thiophene rings is 1. The molecular weight excluding hydrogens is 257 g/mol. The van der Waals surface area contributed by atoms with Gasteiger partial charge in [-0.3, -0.25) is 4.79 Å². The largest absolute Gasteiger partial charge is 0.314 e. The van der Waals surface area contributed by atoms with Gasteiger partial charge in [0, 0.05) is 7.05 Å². The fourth-order valence-electron chi connectivity index (χ4n) is 1.10. The first-order valence-corrected chi connectivity index (χ1v) is 5.50. The van der Waals surface area contributed by atoms with E-state index in [0.717, 1.165) is 11.3 Å². The van der Waals surface area contributed by atoms with Crippen molar-refractivity contribution in [1.29, 1.82) is 0 Å². The van der Waals surface area contributed by atoms with Crippen LogP contribution >= 0.6 is 34.5 Å². The van der Waals surface area contributed by atoms with Gasteiger partial charge in [-0.25, -0.2) is 0 Å². The van der Waals surface area contributed by atoms with Crippen molar-refractivity contribution in [2.45, 2.75) is 0 Å². The molecule has 2 aromatic rings.